The summed E-state index contributed by atoms with van der Waals surface area (Å²) in [7, 11) is -9.97. The molecule has 3 aromatic rings. The summed E-state index contributed by atoms with van der Waals surface area (Å²) < 4.78 is 84.6. The van der Waals surface area contributed by atoms with Crippen LogP contribution in [-0.2, 0) is 37.0 Å². The second kappa shape index (κ2) is 17.4. The van der Waals surface area contributed by atoms with E-state index in [1.54, 1.807) is 29.8 Å². The predicted octanol–water partition coefficient (Wildman–Crippen LogP) is 6.71. The number of sulfone groups is 1. The van der Waals surface area contributed by atoms with Crippen LogP contribution in [0.15, 0.2) is 63.4 Å². The van der Waals surface area contributed by atoms with E-state index in [1.165, 1.54) is 94.5 Å². The van der Waals surface area contributed by atoms with E-state index in [4.69, 9.17) is 0 Å². The Morgan fingerprint density at radius 3 is 1.70 bits per heavy atom. The zero-order valence-corrected chi connectivity index (χ0v) is 29.7. The monoisotopic (exact) mass is 695 g/mol. The fraction of sp³-hybridized carbons (Fsp3) is 0.545. The van der Waals surface area contributed by atoms with Gasteiger partial charge in [-0.2, -0.15) is 13.5 Å². The SMILES string of the molecule is CCCCCCCCCCCCCCCCS(=O)(=O)NN=c1cc(-c2ccc(S(C)(=O)=O)cc2)n(C)c2ccc(S(=O)(=O)O)cc12. The molecule has 3 rings (SSSR count). The number of pyridine rings is 1. The summed E-state index contributed by atoms with van der Waals surface area (Å²) >= 11 is 0. The van der Waals surface area contributed by atoms with Crippen molar-refractivity contribution in [3.63, 3.8) is 0 Å². The summed E-state index contributed by atoms with van der Waals surface area (Å²) in [5, 5.41) is 4.62. The Labute approximate surface area is 275 Å². The minimum absolute atomic E-state index is 0.0941. The van der Waals surface area contributed by atoms with Crippen LogP contribution in [0.2, 0.25) is 0 Å². The molecule has 0 atom stereocenters. The summed E-state index contributed by atoms with van der Waals surface area (Å²) in [6.45, 7) is 2.23. The molecule has 2 N–H and O–H groups in total. The summed E-state index contributed by atoms with van der Waals surface area (Å²) in [5.74, 6) is -0.0941. The van der Waals surface area contributed by atoms with Gasteiger partial charge in [-0.15, -0.1) is 0 Å². The fourth-order valence-electron chi connectivity index (χ4n) is 5.50. The van der Waals surface area contributed by atoms with Gasteiger partial charge in [-0.3, -0.25) is 4.55 Å². The first-order valence-corrected chi connectivity index (χ1v) is 21.2. The van der Waals surface area contributed by atoms with Crippen LogP contribution in [0, 0.1) is 0 Å². The Balaban J connectivity index is 1.66. The lowest BCUT2D eigenvalue weighted by molar-refractivity contribution is 0.483. The first-order valence-electron chi connectivity index (χ1n) is 16.2. The minimum atomic E-state index is -4.53. The molecule has 0 aliphatic carbocycles. The Morgan fingerprint density at radius 1 is 0.696 bits per heavy atom. The topological polar surface area (TPSA) is 152 Å². The quantitative estimate of drug-likeness (QED) is 0.0757. The van der Waals surface area contributed by atoms with Gasteiger partial charge >= 0.3 is 0 Å². The molecule has 2 aromatic carbocycles. The van der Waals surface area contributed by atoms with Crippen molar-refractivity contribution in [2.45, 2.75) is 107 Å². The highest BCUT2D eigenvalue weighted by Crippen LogP contribution is 2.25. The number of unbranched alkanes of at least 4 members (excludes halogenated alkanes) is 13. The van der Waals surface area contributed by atoms with E-state index >= 15 is 0 Å². The number of aryl methyl sites for hydroxylation is 1. The molecule has 256 valence electrons. The van der Waals surface area contributed by atoms with Gasteiger partial charge in [0.25, 0.3) is 10.1 Å². The van der Waals surface area contributed by atoms with Crippen molar-refractivity contribution in [2.75, 3.05) is 12.0 Å². The summed E-state index contributed by atoms with van der Waals surface area (Å²) in [6, 6.07) is 11.8. The van der Waals surface area contributed by atoms with Crippen molar-refractivity contribution >= 4 is 40.9 Å². The number of hydrogen-bond acceptors (Lipinski definition) is 7. The van der Waals surface area contributed by atoms with Crippen molar-refractivity contribution in [3.05, 3.63) is 53.9 Å². The number of hydrogen-bond donors (Lipinski definition) is 2. The lowest BCUT2D eigenvalue weighted by Gasteiger charge is -2.15. The largest absolute Gasteiger partial charge is 0.344 e. The molecule has 0 saturated heterocycles. The highest BCUT2D eigenvalue weighted by Gasteiger charge is 2.16. The maximum Gasteiger partial charge on any atom is 0.294 e. The Morgan fingerprint density at radius 2 is 1.20 bits per heavy atom. The fourth-order valence-corrected chi connectivity index (χ4v) is 7.55. The molecule has 1 aromatic heterocycles. The van der Waals surface area contributed by atoms with Crippen LogP contribution in [-0.4, -0.2) is 46.4 Å². The van der Waals surface area contributed by atoms with Crippen molar-refractivity contribution in [1.29, 1.82) is 0 Å². The highest BCUT2D eigenvalue weighted by molar-refractivity contribution is 7.90. The van der Waals surface area contributed by atoms with Gasteiger partial charge in [0.2, 0.25) is 10.0 Å². The van der Waals surface area contributed by atoms with Gasteiger partial charge in [-0.05, 0) is 48.4 Å². The van der Waals surface area contributed by atoms with Gasteiger partial charge in [0.15, 0.2) is 9.84 Å². The maximum atomic E-state index is 12.8. The molecule has 0 saturated carbocycles. The molecule has 0 spiro atoms. The Kier molecular flexibility index (Phi) is 14.3. The van der Waals surface area contributed by atoms with Crippen LogP contribution < -0.4 is 10.2 Å². The number of aromatic nitrogens is 1. The van der Waals surface area contributed by atoms with E-state index < -0.39 is 30.0 Å². The number of fused-ring (bicyclic) bond motifs is 1. The predicted molar refractivity (Wildman–Crippen MR) is 184 cm³/mol. The normalized spacial score (nSPS) is 13.0. The minimum Gasteiger partial charge on any atom is -0.344 e. The van der Waals surface area contributed by atoms with E-state index in [9.17, 15) is 29.8 Å². The van der Waals surface area contributed by atoms with Crippen LogP contribution in [0.3, 0.4) is 0 Å². The molecule has 0 aliphatic rings. The second-order valence-corrected chi connectivity index (χ2v) is 17.3. The van der Waals surface area contributed by atoms with Gasteiger partial charge in [-0.25, -0.2) is 21.7 Å². The second-order valence-electron chi connectivity index (χ2n) is 12.0. The Bertz CT molecular complexity index is 1830. The maximum absolute atomic E-state index is 12.8. The molecule has 13 heteroatoms. The molecule has 0 fully saturated rings. The molecule has 0 radical (unpaired) electrons. The number of nitrogens with one attached hydrogen (secondary N) is 1. The third-order valence-electron chi connectivity index (χ3n) is 8.19. The molecular formula is C33H49N3O7S3. The summed E-state index contributed by atoms with van der Waals surface area (Å²) in [4.78, 5) is 2.09. The van der Waals surface area contributed by atoms with Crippen molar-refractivity contribution in [1.82, 2.24) is 9.40 Å². The van der Waals surface area contributed by atoms with Gasteiger partial charge in [0.05, 0.1) is 32.1 Å². The van der Waals surface area contributed by atoms with Gasteiger partial charge in [0, 0.05) is 18.7 Å². The highest BCUT2D eigenvalue weighted by atomic mass is 32.2. The smallest absolute Gasteiger partial charge is 0.294 e. The van der Waals surface area contributed by atoms with Crippen molar-refractivity contribution in [3.8, 4) is 11.3 Å². The number of rotatable bonds is 20. The van der Waals surface area contributed by atoms with Crippen LogP contribution in [0.25, 0.3) is 22.2 Å². The molecule has 0 unspecified atom stereocenters. The van der Waals surface area contributed by atoms with Gasteiger partial charge < -0.3 is 4.57 Å². The molecule has 0 bridgehead atoms. The zero-order valence-electron chi connectivity index (χ0n) is 27.2. The molecule has 0 amide bonds. The molecular weight excluding hydrogens is 647 g/mol. The molecule has 10 nitrogen and oxygen atoms in total. The van der Waals surface area contributed by atoms with E-state index in [-0.39, 0.29) is 20.9 Å². The average molecular weight is 696 g/mol. The van der Waals surface area contributed by atoms with Gasteiger partial charge in [-0.1, -0.05) is 103 Å². The molecule has 0 aliphatic heterocycles. The number of sulfonamides is 1. The summed E-state index contributed by atoms with van der Waals surface area (Å²) in [5.41, 5.74) is 1.73. The summed E-state index contributed by atoms with van der Waals surface area (Å²) in [6.07, 6.45) is 17.4. The van der Waals surface area contributed by atoms with Crippen LogP contribution in [0.5, 0.6) is 0 Å². The first kappa shape index (κ1) is 37.7. The van der Waals surface area contributed by atoms with Crippen LogP contribution in [0.4, 0.5) is 0 Å². The van der Waals surface area contributed by atoms with E-state index in [0.29, 0.717) is 28.6 Å². The van der Waals surface area contributed by atoms with Crippen molar-refractivity contribution < 1.29 is 29.8 Å². The van der Waals surface area contributed by atoms with Crippen LogP contribution in [0.1, 0.15) is 96.8 Å². The zero-order chi connectivity index (χ0) is 33.8. The third kappa shape index (κ3) is 11.8. The first-order chi connectivity index (χ1) is 21.7. The lowest BCUT2D eigenvalue weighted by Crippen LogP contribution is -2.25. The standard InChI is InChI=1S/C33H49N3O7S3/c1-4-5-6-7-8-9-10-11-12-13-14-15-16-17-24-45(39,40)35-34-31-26-33(27-18-20-28(21-19-27)44(3,37)38)36(2)32-23-22-29(25-30(31)32)46(41,42)43/h18-23,25-26,35H,4-17,24H2,1-3H3,(H,41,42,43). The number of nitrogens with zero attached hydrogens (tertiary/aromatic N) is 2. The van der Waals surface area contributed by atoms with Crippen LogP contribution >= 0.6 is 0 Å². The van der Waals surface area contributed by atoms with E-state index in [0.717, 1.165) is 25.5 Å². The average Bonchev–Trinajstić information content (AvgIpc) is 3.00. The number of benzene rings is 2. The van der Waals surface area contributed by atoms with E-state index in [1.807, 2.05) is 0 Å². The van der Waals surface area contributed by atoms with Crippen molar-refractivity contribution in [2.24, 2.45) is 12.1 Å². The molecule has 46 heavy (non-hydrogen) atoms. The lowest BCUT2D eigenvalue weighted by atomic mass is 10.0. The Hall–Kier alpha value is -2.74. The van der Waals surface area contributed by atoms with E-state index in [2.05, 4.69) is 16.9 Å². The van der Waals surface area contributed by atoms with Gasteiger partial charge in [0.1, 0.15) is 0 Å². The molecule has 1 heterocycles. The third-order valence-corrected chi connectivity index (χ3v) is 11.4.